The number of pyridine rings is 1. The van der Waals surface area contributed by atoms with E-state index < -0.39 is 11.9 Å². The number of likely N-dealkylation sites (N-methyl/N-ethyl adjacent to an activating group) is 1. The fourth-order valence-electron chi connectivity index (χ4n) is 3.13. The molecule has 0 N–H and O–H groups in total. The Morgan fingerprint density at radius 2 is 1.80 bits per heavy atom. The van der Waals surface area contributed by atoms with Gasteiger partial charge in [-0.3, -0.25) is 4.79 Å². The summed E-state index contributed by atoms with van der Waals surface area (Å²) < 4.78 is 9.62. The fourth-order valence-corrected chi connectivity index (χ4v) is 3.13. The number of hydrogen-bond acceptors (Lipinski definition) is 6. The van der Waals surface area contributed by atoms with Crippen LogP contribution in [-0.4, -0.2) is 54.5 Å². The molecule has 0 saturated heterocycles. The number of carbonyl (C=O) groups excluding carboxylic acids is 3. The molecule has 1 saturated carbocycles. The van der Waals surface area contributed by atoms with Crippen molar-refractivity contribution in [3.05, 3.63) is 29.6 Å². The minimum atomic E-state index is -0.746. The molecule has 1 amide bonds. The van der Waals surface area contributed by atoms with Crippen LogP contribution in [0.4, 0.5) is 0 Å². The predicted octanol–water partition coefficient (Wildman–Crippen LogP) is 2.06. The quantitative estimate of drug-likeness (QED) is 0.757. The second kappa shape index (κ2) is 8.60. The van der Waals surface area contributed by atoms with Crippen molar-refractivity contribution in [2.24, 2.45) is 5.92 Å². The van der Waals surface area contributed by atoms with Gasteiger partial charge in [-0.05, 0) is 30.9 Å². The van der Waals surface area contributed by atoms with Crippen LogP contribution < -0.4 is 0 Å². The summed E-state index contributed by atoms with van der Waals surface area (Å²) in [6.45, 7) is 1.80. The highest BCUT2D eigenvalue weighted by molar-refractivity contribution is 5.92. The van der Waals surface area contributed by atoms with E-state index in [1.165, 1.54) is 31.7 Å². The van der Waals surface area contributed by atoms with Crippen LogP contribution in [-0.2, 0) is 14.3 Å². The SMILES string of the molecule is COC(=O)c1cccc(C(=O)OCC(=O)N(C)[C@@H]2CCCC[C@H]2C)n1. The standard InChI is InChI=1S/C18H24N2O5/c1-12-7-4-5-10-15(12)20(2)16(21)11-25-18(23)14-9-6-8-13(19-14)17(22)24-3/h6,8-9,12,15H,4-5,7,10-11H2,1-3H3/t12-,15-/m1/s1. The Kier molecular flexibility index (Phi) is 6.50. The van der Waals surface area contributed by atoms with Gasteiger partial charge in [-0.2, -0.15) is 0 Å². The largest absolute Gasteiger partial charge is 0.464 e. The Morgan fingerprint density at radius 1 is 1.16 bits per heavy atom. The van der Waals surface area contributed by atoms with Crippen molar-refractivity contribution < 1.29 is 23.9 Å². The first-order chi connectivity index (χ1) is 11.9. The fraction of sp³-hybridized carbons (Fsp3) is 0.556. The molecule has 1 heterocycles. The second-order valence-corrected chi connectivity index (χ2v) is 6.31. The maximum Gasteiger partial charge on any atom is 0.357 e. The van der Waals surface area contributed by atoms with E-state index in [1.807, 2.05) is 0 Å². The van der Waals surface area contributed by atoms with E-state index in [-0.39, 0.29) is 29.9 Å². The Morgan fingerprint density at radius 3 is 2.44 bits per heavy atom. The summed E-state index contributed by atoms with van der Waals surface area (Å²) in [7, 11) is 2.98. The van der Waals surface area contributed by atoms with Gasteiger partial charge in [0, 0.05) is 13.1 Å². The number of nitrogens with zero attached hydrogens (tertiary/aromatic N) is 2. The van der Waals surface area contributed by atoms with Crippen LogP contribution in [0.25, 0.3) is 0 Å². The lowest BCUT2D eigenvalue weighted by Gasteiger charge is -2.36. The summed E-state index contributed by atoms with van der Waals surface area (Å²) in [5.41, 5.74) is -0.0270. The van der Waals surface area contributed by atoms with Crippen molar-refractivity contribution in [1.82, 2.24) is 9.88 Å². The molecular formula is C18H24N2O5. The highest BCUT2D eigenvalue weighted by atomic mass is 16.5. The smallest absolute Gasteiger partial charge is 0.357 e. The van der Waals surface area contributed by atoms with E-state index in [0.717, 1.165) is 19.3 Å². The summed E-state index contributed by atoms with van der Waals surface area (Å²) in [5, 5.41) is 0. The van der Waals surface area contributed by atoms with Gasteiger partial charge in [0.05, 0.1) is 7.11 Å². The first-order valence-corrected chi connectivity index (χ1v) is 8.42. The van der Waals surface area contributed by atoms with Crippen LogP contribution in [0.3, 0.4) is 0 Å². The van der Waals surface area contributed by atoms with E-state index in [2.05, 4.69) is 16.6 Å². The first kappa shape index (κ1) is 18.9. The molecule has 2 rings (SSSR count). The zero-order valence-corrected chi connectivity index (χ0v) is 14.9. The molecule has 7 heteroatoms. The Hall–Kier alpha value is -2.44. The molecule has 25 heavy (non-hydrogen) atoms. The number of methoxy groups -OCH3 is 1. The van der Waals surface area contributed by atoms with E-state index in [0.29, 0.717) is 5.92 Å². The molecule has 1 aromatic heterocycles. The van der Waals surface area contributed by atoms with Gasteiger partial charge in [-0.1, -0.05) is 25.8 Å². The minimum Gasteiger partial charge on any atom is -0.464 e. The Labute approximate surface area is 147 Å². The summed E-state index contributed by atoms with van der Waals surface area (Å²) in [6.07, 6.45) is 4.37. The molecule has 0 radical (unpaired) electrons. The molecular weight excluding hydrogens is 324 g/mol. The molecule has 1 aliphatic rings. The molecule has 0 spiro atoms. The van der Waals surface area contributed by atoms with E-state index in [9.17, 15) is 14.4 Å². The normalized spacial score (nSPS) is 19.8. The van der Waals surface area contributed by atoms with Gasteiger partial charge in [0.1, 0.15) is 11.4 Å². The van der Waals surface area contributed by atoms with Crippen molar-refractivity contribution in [2.45, 2.75) is 38.6 Å². The maximum absolute atomic E-state index is 12.3. The first-order valence-electron chi connectivity index (χ1n) is 8.42. The Balaban J connectivity index is 1.93. The van der Waals surface area contributed by atoms with Crippen molar-refractivity contribution in [3.8, 4) is 0 Å². The van der Waals surface area contributed by atoms with E-state index in [4.69, 9.17) is 4.74 Å². The molecule has 1 aliphatic carbocycles. The highest BCUT2D eigenvalue weighted by Gasteiger charge is 2.28. The van der Waals surface area contributed by atoms with Gasteiger partial charge in [-0.25, -0.2) is 14.6 Å². The van der Waals surface area contributed by atoms with Crippen LogP contribution >= 0.6 is 0 Å². The lowest BCUT2D eigenvalue weighted by molar-refractivity contribution is -0.136. The summed E-state index contributed by atoms with van der Waals surface area (Å²) >= 11 is 0. The number of rotatable bonds is 5. The third-order valence-corrected chi connectivity index (χ3v) is 4.64. The monoisotopic (exact) mass is 348 g/mol. The molecule has 0 bridgehead atoms. The van der Waals surface area contributed by atoms with Crippen molar-refractivity contribution in [1.29, 1.82) is 0 Å². The summed E-state index contributed by atoms with van der Waals surface area (Å²) in [6, 6.07) is 4.55. The van der Waals surface area contributed by atoms with Crippen LogP contribution in [0.1, 0.15) is 53.6 Å². The van der Waals surface area contributed by atoms with E-state index in [1.54, 1.807) is 11.9 Å². The van der Waals surface area contributed by atoms with Gasteiger partial charge in [-0.15, -0.1) is 0 Å². The highest BCUT2D eigenvalue weighted by Crippen LogP contribution is 2.27. The Bertz CT molecular complexity index is 646. The average Bonchev–Trinajstić information content (AvgIpc) is 2.65. The van der Waals surface area contributed by atoms with Crippen molar-refractivity contribution >= 4 is 17.8 Å². The zero-order chi connectivity index (χ0) is 18.4. The molecule has 2 atom stereocenters. The maximum atomic E-state index is 12.3. The van der Waals surface area contributed by atoms with Crippen LogP contribution in [0, 0.1) is 5.92 Å². The van der Waals surface area contributed by atoms with Gasteiger partial charge in [0.25, 0.3) is 5.91 Å². The van der Waals surface area contributed by atoms with Gasteiger partial charge in [0.15, 0.2) is 6.61 Å². The zero-order valence-electron chi connectivity index (χ0n) is 14.9. The third kappa shape index (κ3) is 4.78. The molecule has 7 nitrogen and oxygen atoms in total. The molecule has 0 aromatic carbocycles. The summed E-state index contributed by atoms with van der Waals surface area (Å²) in [5.74, 6) is -1.19. The lowest BCUT2D eigenvalue weighted by atomic mass is 9.85. The number of carbonyl (C=O) groups is 3. The topological polar surface area (TPSA) is 85.8 Å². The van der Waals surface area contributed by atoms with Crippen LogP contribution in [0.15, 0.2) is 18.2 Å². The van der Waals surface area contributed by atoms with E-state index >= 15 is 0 Å². The molecule has 136 valence electrons. The summed E-state index contributed by atoms with van der Waals surface area (Å²) in [4.78, 5) is 41.4. The molecule has 1 fully saturated rings. The second-order valence-electron chi connectivity index (χ2n) is 6.31. The van der Waals surface area contributed by atoms with Crippen molar-refractivity contribution in [3.63, 3.8) is 0 Å². The predicted molar refractivity (Wildman–Crippen MR) is 90.0 cm³/mol. The van der Waals surface area contributed by atoms with Crippen molar-refractivity contribution in [2.75, 3.05) is 20.8 Å². The lowest BCUT2D eigenvalue weighted by Crippen LogP contribution is -2.44. The molecule has 0 aliphatic heterocycles. The van der Waals surface area contributed by atoms with Gasteiger partial charge < -0.3 is 14.4 Å². The number of aromatic nitrogens is 1. The van der Waals surface area contributed by atoms with Crippen LogP contribution in [0.2, 0.25) is 0 Å². The van der Waals surface area contributed by atoms with Crippen LogP contribution in [0.5, 0.6) is 0 Å². The number of amides is 1. The third-order valence-electron chi connectivity index (χ3n) is 4.64. The number of hydrogen-bond donors (Lipinski definition) is 0. The van der Waals surface area contributed by atoms with Gasteiger partial charge in [0.2, 0.25) is 0 Å². The van der Waals surface area contributed by atoms with Gasteiger partial charge >= 0.3 is 11.9 Å². The molecule has 1 aromatic rings. The number of esters is 2. The number of ether oxygens (including phenoxy) is 2. The minimum absolute atomic E-state index is 0.0106. The average molecular weight is 348 g/mol. The molecule has 0 unspecified atom stereocenters.